The maximum Gasteiger partial charge on any atom is 0.471 e. The molecule has 13 heavy (non-hydrogen) atoms. The standard InChI is InChI=1S/C7H8F3NO2/c8-7(9,10)6(12)11-2-1-4-5(3-11)13-4/h4-5H,1-3H2/t4-,5-/m0/s1. The lowest BCUT2D eigenvalue weighted by Crippen LogP contribution is -2.46. The molecule has 0 aromatic rings. The molecular weight excluding hydrogens is 187 g/mol. The first-order valence-electron chi connectivity index (χ1n) is 4.00. The third-order valence-corrected chi connectivity index (χ3v) is 2.30. The number of nitrogens with zero attached hydrogens (tertiary/aromatic N) is 1. The van der Waals surface area contributed by atoms with E-state index in [0.29, 0.717) is 6.42 Å². The number of carbonyl (C=O) groups excluding carboxylic acids is 1. The van der Waals surface area contributed by atoms with Gasteiger partial charge in [0, 0.05) is 13.1 Å². The second-order valence-electron chi connectivity index (χ2n) is 3.25. The van der Waals surface area contributed by atoms with Crippen LogP contribution in [-0.4, -0.2) is 42.3 Å². The van der Waals surface area contributed by atoms with Crippen LogP contribution in [0.2, 0.25) is 0 Å². The van der Waals surface area contributed by atoms with Crippen molar-refractivity contribution in [2.24, 2.45) is 0 Å². The highest BCUT2D eigenvalue weighted by Crippen LogP contribution is 2.32. The van der Waals surface area contributed by atoms with Gasteiger partial charge in [0.05, 0.1) is 6.10 Å². The van der Waals surface area contributed by atoms with Crippen LogP contribution in [0.25, 0.3) is 0 Å². The van der Waals surface area contributed by atoms with Crippen molar-refractivity contribution in [3.8, 4) is 0 Å². The molecule has 0 radical (unpaired) electrons. The number of piperidine rings is 1. The summed E-state index contributed by atoms with van der Waals surface area (Å²) in [5.74, 6) is -1.75. The van der Waals surface area contributed by atoms with Crippen LogP contribution in [0.5, 0.6) is 0 Å². The molecule has 0 N–H and O–H groups in total. The van der Waals surface area contributed by atoms with Crippen LogP contribution in [-0.2, 0) is 9.53 Å². The van der Waals surface area contributed by atoms with Gasteiger partial charge in [-0.25, -0.2) is 0 Å². The second-order valence-corrected chi connectivity index (χ2v) is 3.25. The van der Waals surface area contributed by atoms with Gasteiger partial charge in [0.1, 0.15) is 6.10 Å². The summed E-state index contributed by atoms with van der Waals surface area (Å²) in [4.78, 5) is 11.5. The van der Waals surface area contributed by atoms with E-state index < -0.39 is 12.1 Å². The van der Waals surface area contributed by atoms with Crippen molar-refractivity contribution < 1.29 is 22.7 Å². The fraction of sp³-hybridized carbons (Fsp3) is 0.857. The van der Waals surface area contributed by atoms with Gasteiger partial charge in [0.15, 0.2) is 0 Å². The van der Waals surface area contributed by atoms with Crippen molar-refractivity contribution >= 4 is 5.91 Å². The molecule has 2 rings (SSSR count). The van der Waals surface area contributed by atoms with Crippen LogP contribution in [0.4, 0.5) is 13.2 Å². The third kappa shape index (κ3) is 1.63. The molecule has 0 saturated carbocycles. The lowest BCUT2D eigenvalue weighted by Gasteiger charge is -2.24. The lowest BCUT2D eigenvalue weighted by atomic mass is 10.1. The molecule has 0 unspecified atom stereocenters. The highest BCUT2D eigenvalue weighted by atomic mass is 19.4. The van der Waals surface area contributed by atoms with Gasteiger partial charge in [-0.05, 0) is 6.42 Å². The van der Waals surface area contributed by atoms with Crippen molar-refractivity contribution in [3.63, 3.8) is 0 Å². The number of ether oxygens (including phenoxy) is 1. The predicted octanol–water partition coefficient (Wildman–Crippen LogP) is 0.548. The number of rotatable bonds is 0. The number of halogens is 3. The minimum Gasteiger partial charge on any atom is -0.368 e. The normalized spacial score (nSPS) is 32.7. The molecule has 2 saturated heterocycles. The smallest absolute Gasteiger partial charge is 0.368 e. The summed E-state index contributed by atoms with van der Waals surface area (Å²) in [5.41, 5.74) is 0. The molecule has 0 bridgehead atoms. The van der Waals surface area contributed by atoms with E-state index in [0.717, 1.165) is 4.90 Å². The first kappa shape index (κ1) is 8.80. The monoisotopic (exact) mass is 195 g/mol. The molecule has 74 valence electrons. The Labute approximate surface area is 72.4 Å². The summed E-state index contributed by atoms with van der Waals surface area (Å²) in [6, 6.07) is 0. The van der Waals surface area contributed by atoms with Gasteiger partial charge in [-0.2, -0.15) is 13.2 Å². The van der Waals surface area contributed by atoms with Crippen molar-refractivity contribution in [2.45, 2.75) is 24.8 Å². The van der Waals surface area contributed by atoms with E-state index in [1.54, 1.807) is 0 Å². The molecule has 2 aliphatic heterocycles. The summed E-state index contributed by atoms with van der Waals surface area (Å²) in [7, 11) is 0. The summed E-state index contributed by atoms with van der Waals surface area (Å²) in [6.45, 7) is 0.239. The second kappa shape index (κ2) is 2.60. The number of amides is 1. The zero-order valence-corrected chi connectivity index (χ0v) is 6.67. The maximum absolute atomic E-state index is 11.9. The zero-order valence-electron chi connectivity index (χ0n) is 6.67. The molecule has 0 aliphatic carbocycles. The molecule has 2 fully saturated rings. The van der Waals surface area contributed by atoms with Crippen molar-refractivity contribution in [1.29, 1.82) is 0 Å². The molecule has 0 aromatic heterocycles. The van der Waals surface area contributed by atoms with E-state index in [1.165, 1.54) is 0 Å². The van der Waals surface area contributed by atoms with Gasteiger partial charge >= 0.3 is 12.1 Å². The topological polar surface area (TPSA) is 32.8 Å². The van der Waals surface area contributed by atoms with Crippen molar-refractivity contribution in [1.82, 2.24) is 4.90 Å². The first-order chi connectivity index (χ1) is 5.98. The molecule has 2 heterocycles. The van der Waals surface area contributed by atoms with E-state index in [1.807, 2.05) is 0 Å². The lowest BCUT2D eigenvalue weighted by molar-refractivity contribution is -0.186. The van der Waals surface area contributed by atoms with E-state index in [-0.39, 0.29) is 25.3 Å². The highest BCUT2D eigenvalue weighted by Gasteiger charge is 2.50. The molecule has 1 amide bonds. The minimum atomic E-state index is -4.75. The van der Waals surface area contributed by atoms with Crippen LogP contribution in [0.15, 0.2) is 0 Å². The Hall–Kier alpha value is -0.780. The quantitative estimate of drug-likeness (QED) is 0.529. The van der Waals surface area contributed by atoms with Crippen LogP contribution in [0.1, 0.15) is 6.42 Å². The van der Waals surface area contributed by atoms with Crippen molar-refractivity contribution in [2.75, 3.05) is 13.1 Å². The Balaban J connectivity index is 1.97. The largest absolute Gasteiger partial charge is 0.471 e. The van der Waals surface area contributed by atoms with E-state index in [9.17, 15) is 18.0 Å². The number of carbonyl (C=O) groups is 1. The van der Waals surface area contributed by atoms with Crippen LogP contribution < -0.4 is 0 Å². The van der Waals surface area contributed by atoms with Crippen LogP contribution in [0.3, 0.4) is 0 Å². The third-order valence-electron chi connectivity index (χ3n) is 2.30. The molecule has 2 aliphatic rings. The van der Waals surface area contributed by atoms with E-state index >= 15 is 0 Å². The predicted molar refractivity (Wildman–Crippen MR) is 35.9 cm³/mol. The Morgan fingerprint density at radius 3 is 2.62 bits per heavy atom. The Kier molecular flexibility index (Phi) is 1.76. The van der Waals surface area contributed by atoms with E-state index in [4.69, 9.17) is 4.74 Å². The molecule has 0 spiro atoms. The van der Waals surface area contributed by atoms with Gasteiger partial charge in [-0.3, -0.25) is 4.79 Å². The van der Waals surface area contributed by atoms with Crippen LogP contribution in [0, 0.1) is 0 Å². The minimum absolute atomic E-state index is 0.0863. The maximum atomic E-state index is 11.9. The Morgan fingerprint density at radius 1 is 1.38 bits per heavy atom. The summed E-state index contributed by atoms with van der Waals surface area (Å²) >= 11 is 0. The van der Waals surface area contributed by atoms with Gasteiger partial charge in [-0.1, -0.05) is 0 Å². The average molecular weight is 195 g/mol. The molecule has 3 nitrogen and oxygen atoms in total. The highest BCUT2D eigenvalue weighted by molar-refractivity contribution is 5.82. The van der Waals surface area contributed by atoms with Crippen LogP contribution >= 0.6 is 0 Å². The molecule has 2 atom stereocenters. The summed E-state index contributed by atoms with van der Waals surface area (Å²) in [6.07, 6.45) is -4.29. The SMILES string of the molecule is O=C(N1CC[C@@H]2O[C@H]2C1)C(F)(F)F. The number of epoxide rings is 1. The fourth-order valence-electron chi connectivity index (χ4n) is 1.55. The average Bonchev–Trinajstić information content (AvgIpc) is 2.78. The number of hydrogen-bond donors (Lipinski definition) is 0. The molecule has 0 aromatic carbocycles. The van der Waals surface area contributed by atoms with Gasteiger partial charge in [-0.15, -0.1) is 0 Å². The van der Waals surface area contributed by atoms with Gasteiger partial charge in [0.25, 0.3) is 0 Å². The number of hydrogen-bond acceptors (Lipinski definition) is 2. The Morgan fingerprint density at radius 2 is 2.08 bits per heavy atom. The summed E-state index contributed by atoms with van der Waals surface area (Å²) < 4.78 is 40.8. The van der Waals surface area contributed by atoms with Gasteiger partial charge in [0.2, 0.25) is 0 Å². The van der Waals surface area contributed by atoms with E-state index in [2.05, 4.69) is 0 Å². The molecule has 6 heteroatoms. The fourth-order valence-corrected chi connectivity index (χ4v) is 1.55. The number of fused-ring (bicyclic) bond motifs is 1. The van der Waals surface area contributed by atoms with Gasteiger partial charge < -0.3 is 9.64 Å². The van der Waals surface area contributed by atoms with Crippen molar-refractivity contribution in [3.05, 3.63) is 0 Å². The molecular formula is C7H8F3NO2. The zero-order chi connectivity index (χ0) is 9.64. The Bertz CT molecular complexity index is 240. The summed E-state index contributed by atoms with van der Waals surface area (Å²) in [5, 5.41) is 0. The first-order valence-corrected chi connectivity index (χ1v) is 4.00. The number of alkyl halides is 3. The number of likely N-dealkylation sites (tertiary alicyclic amines) is 1.